The Balaban J connectivity index is 1.50. The molecule has 0 unspecified atom stereocenters. The molecule has 1 amide bonds. The maximum absolute atomic E-state index is 13.3. The van der Waals surface area contributed by atoms with Gasteiger partial charge in [-0.1, -0.05) is 18.2 Å². The Labute approximate surface area is 181 Å². The highest BCUT2D eigenvalue weighted by atomic mass is 19.1. The van der Waals surface area contributed by atoms with Crippen molar-refractivity contribution in [3.8, 4) is 17.1 Å². The number of nitrogens with one attached hydrogen (secondary N) is 1. The number of alkyl halides is 1. The van der Waals surface area contributed by atoms with Crippen LogP contribution in [0.2, 0.25) is 0 Å². The number of ether oxygens (including phenoxy) is 1. The number of fused-ring (bicyclic) bond motifs is 1. The summed E-state index contributed by atoms with van der Waals surface area (Å²) in [4.78, 5) is 24.3. The second kappa shape index (κ2) is 9.83. The molecule has 0 spiro atoms. The molecule has 1 N–H and O–H groups in total. The van der Waals surface area contributed by atoms with Gasteiger partial charge in [-0.2, -0.15) is 0 Å². The molecule has 1 aliphatic rings. The van der Waals surface area contributed by atoms with E-state index in [2.05, 4.69) is 20.2 Å². The number of likely N-dealkylation sites (tertiary alicyclic amines) is 1. The van der Waals surface area contributed by atoms with Crippen molar-refractivity contribution in [2.24, 2.45) is 0 Å². The maximum atomic E-state index is 13.3. The van der Waals surface area contributed by atoms with Crippen LogP contribution in [0.15, 0.2) is 48.5 Å². The fourth-order valence-corrected chi connectivity index (χ4v) is 3.82. The molecule has 0 aliphatic carbocycles. The lowest BCUT2D eigenvalue weighted by atomic mass is 10.1. The monoisotopic (exact) mass is 422 g/mol. The van der Waals surface area contributed by atoms with Crippen molar-refractivity contribution < 1.29 is 13.9 Å². The molecule has 6 nitrogen and oxygen atoms in total. The summed E-state index contributed by atoms with van der Waals surface area (Å²) in [7, 11) is 0. The number of halogens is 1. The molecule has 1 atom stereocenters. The van der Waals surface area contributed by atoms with Crippen LogP contribution in [-0.4, -0.2) is 59.7 Å². The van der Waals surface area contributed by atoms with E-state index in [1.165, 1.54) is 0 Å². The molecule has 1 fully saturated rings. The summed E-state index contributed by atoms with van der Waals surface area (Å²) in [5.41, 5.74) is 1.90. The number of benzene rings is 2. The van der Waals surface area contributed by atoms with Crippen LogP contribution in [0.4, 0.5) is 4.39 Å². The van der Waals surface area contributed by atoms with Gasteiger partial charge in [0.2, 0.25) is 0 Å². The Morgan fingerprint density at radius 2 is 2.00 bits per heavy atom. The topological polar surface area (TPSA) is 67.3 Å². The molecule has 162 valence electrons. The Hall–Kier alpha value is -3.06. The number of rotatable bonds is 8. The molecular weight excluding hydrogens is 395 g/mol. The van der Waals surface area contributed by atoms with E-state index in [0.717, 1.165) is 41.7 Å². The number of carbonyl (C=O) groups excluding carboxylic acids is 1. The predicted octanol–water partition coefficient (Wildman–Crippen LogP) is 3.86. The first-order valence-electron chi connectivity index (χ1n) is 10.8. The lowest BCUT2D eigenvalue weighted by Crippen LogP contribution is -2.30. The number of aromatic nitrogens is 2. The maximum Gasteiger partial charge on any atom is 0.270 e. The molecule has 3 aromatic rings. The highest BCUT2D eigenvalue weighted by Gasteiger charge is 2.21. The van der Waals surface area contributed by atoms with Gasteiger partial charge in [0.05, 0.1) is 12.1 Å². The average molecular weight is 423 g/mol. The van der Waals surface area contributed by atoms with Crippen LogP contribution in [0.25, 0.3) is 22.3 Å². The number of amides is 1. The van der Waals surface area contributed by atoms with Crippen LogP contribution in [0.3, 0.4) is 0 Å². The van der Waals surface area contributed by atoms with Crippen molar-refractivity contribution >= 4 is 16.8 Å². The van der Waals surface area contributed by atoms with E-state index >= 15 is 0 Å². The predicted molar refractivity (Wildman–Crippen MR) is 119 cm³/mol. The molecular formula is C24H27FN4O2. The van der Waals surface area contributed by atoms with Crippen molar-refractivity contribution in [1.29, 1.82) is 0 Å². The fraction of sp³-hybridized carbons (Fsp3) is 0.375. The van der Waals surface area contributed by atoms with Gasteiger partial charge in [-0.05, 0) is 56.6 Å². The number of hydrogen-bond donors (Lipinski definition) is 1. The van der Waals surface area contributed by atoms with Crippen LogP contribution in [0, 0.1) is 0 Å². The zero-order valence-corrected chi connectivity index (χ0v) is 17.7. The fourth-order valence-electron chi connectivity index (χ4n) is 3.82. The van der Waals surface area contributed by atoms with Gasteiger partial charge in [0.1, 0.15) is 17.6 Å². The largest absolute Gasteiger partial charge is 0.494 e. The number of nitrogens with zero attached hydrogens (tertiary/aromatic N) is 3. The molecule has 0 radical (unpaired) electrons. The number of para-hydroxylation sites is 1. The normalized spacial score (nSPS) is 16.5. The number of hydrogen-bond acceptors (Lipinski definition) is 5. The second-order valence-corrected chi connectivity index (χ2v) is 7.67. The molecule has 1 aromatic heterocycles. The highest BCUT2D eigenvalue weighted by molar-refractivity contribution is 6.04. The van der Waals surface area contributed by atoms with E-state index in [1.807, 2.05) is 55.5 Å². The lowest BCUT2D eigenvalue weighted by Gasteiger charge is -2.14. The van der Waals surface area contributed by atoms with Gasteiger partial charge in [0, 0.05) is 30.6 Å². The smallest absolute Gasteiger partial charge is 0.270 e. The Kier molecular flexibility index (Phi) is 6.72. The third kappa shape index (κ3) is 5.17. The van der Waals surface area contributed by atoms with Gasteiger partial charge in [-0.3, -0.25) is 4.79 Å². The van der Waals surface area contributed by atoms with Crippen molar-refractivity contribution in [3.05, 3.63) is 54.2 Å². The van der Waals surface area contributed by atoms with Crippen LogP contribution in [0.5, 0.6) is 5.75 Å². The standard InChI is InChI=1S/C24H27FN4O2/c1-2-31-19-10-8-17(9-11-19)23-27-21-7-4-3-6-20(21)22(28-23)24(30)26-13-5-14-29-15-12-18(25)16-29/h3-4,6-11,18H,2,5,12-16H2,1H3,(H,26,30)/t18-/m0/s1. The summed E-state index contributed by atoms with van der Waals surface area (Å²) in [5, 5.41) is 3.68. The molecule has 2 aromatic carbocycles. The summed E-state index contributed by atoms with van der Waals surface area (Å²) < 4.78 is 18.8. The van der Waals surface area contributed by atoms with Gasteiger partial charge in [0.15, 0.2) is 5.82 Å². The first-order valence-corrected chi connectivity index (χ1v) is 10.8. The number of carbonyl (C=O) groups is 1. The zero-order valence-electron chi connectivity index (χ0n) is 17.7. The van der Waals surface area contributed by atoms with E-state index in [0.29, 0.717) is 37.6 Å². The molecule has 2 heterocycles. The first-order chi connectivity index (χ1) is 15.1. The molecule has 0 saturated carbocycles. The molecule has 1 saturated heterocycles. The van der Waals surface area contributed by atoms with Crippen LogP contribution in [-0.2, 0) is 0 Å². The van der Waals surface area contributed by atoms with Crippen molar-refractivity contribution in [2.45, 2.75) is 25.9 Å². The van der Waals surface area contributed by atoms with Gasteiger partial charge in [-0.25, -0.2) is 14.4 Å². The minimum Gasteiger partial charge on any atom is -0.494 e. The van der Waals surface area contributed by atoms with Gasteiger partial charge < -0.3 is 15.0 Å². The Bertz CT molecular complexity index is 1040. The average Bonchev–Trinajstić information content (AvgIpc) is 3.21. The third-order valence-corrected chi connectivity index (χ3v) is 5.39. The van der Waals surface area contributed by atoms with E-state index < -0.39 is 6.17 Å². The molecule has 1 aliphatic heterocycles. The van der Waals surface area contributed by atoms with Gasteiger partial charge >= 0.3 is 0 Å². The molecule has 31 heavy (non-hydrogen) atoms. The third-order valence-electron chi connectivity index (χ3n) is 5.39. The summed E-state index contributed by atoms with van der Waals surface area (Å²) in [5.74, 6) is 1.05. The molecule has 7 heteroatoms. The van der Waals surface area contributed by atoms with Crippen LogP contribution >= 0.6 is 0 Å². The Morgan fingerprint density at radius 3 is 2.74 bits per heavy atom. The summed E-state index contributed by atoms with van der Waals surface area (Å²) in [6, 6.07) is 15.0. The summed E-state index contributed by atoms with van der Waals surface area (Å²) >= 11 is 0. The van der Waals surface area contributed by atoms with E-state index in [4.69, 9.17) is 4.74 Å². The minimum atomic E-state index is -0.719. The van der Waals surface area contributed by atoms with Crippen molar-refractivity contribution in [3.63, 3.8) is 0 Å². The first kappa shape index (κ1) is 21.2. The molecule has 0 bridgehead atoms. The SMILES string of the molecule is CCOc1ccc(-c2nc(C(=O)NCCCN3CC[C@H](F)C3)c3ccccc3n2)cc1. The van der Waals surface area contributed by atoms with E-state index in [1.54, 1.807) is 0 Å². The summed E-state index contributed by atoms with van der Waals surface area (Å²) in [6.45, 7) is 5.12. The van der Waals surface area contributed by atoms with E-state index in [9.17, 15) is 9.18 Å². The van der Waals surface area contributed by atoms with Gasteiger partial charge in [0.25, 0.3) is 5.91 Å². The Morgan fingerprint density at radius 1 is 1.19 bits per heavy atom. The van der Waals surface area contributed by atoms with Crippen molar-refractivity contribution in [2.75, 3.05) is 32.8 Å². The quantitative estimate of drug-likeness (QED) is 0.559. The highest BCUT2D eigenvalue weighted by Crippen LogP contribution is 2.24. The van der Waals surface area contributed by atoms with Gasteiger partial charge in [-0.15, -0.1) is 0 Å². The van der Waals surface area contributed by atoms with Crippen LogP contribution < -0.4 is 10.1 Å². The second-order valence-electron chi connectivity index (χ2n) is 7.67. The summed E-state index contributed by atoms with van der Waals surface area (Å²) in [6.07, 6.45) is 0.656. The van der Waals surface area contributed by atoms with E-state index in [-0.39, 0.29) is 5.91 Å². The molecule has 4 rings (SSSR count). The van der Waals surface area contributed by atoms with Crippen LogP contribution in [0.1, 0.15) is 30.3 Å². The van der Waals surface area contributed by atoms with Crippen molar-refractivity contribution in [1.82, 2.24) is 20.2 Å². The minimum absolute atomic E-state index is 0.226. The lowest BCUT2D eigenvalue weighted by molar-refractivity contribution is 0.0948. The zero-order chi connectivity index (χ0) is 21.6.